The molecule has 0 saturated heterocycles. The highest BCUT2D eigenvalue weighted by atomic mass is 35.5. The van der Waals surface area contributed by atoms with Crippen LogP contribution >= 0.6 is 11.6 Å². The Morgan fingerprint density at radius 3 is 2.76 bits per heavy atom. The molecular formula is C13H12ClNO2. The fourth-order valence-electron chi connectivity index (χ4n) is 1.46. The number of aliphatic imine (C=N–C) groups is 1. The van der Waals surface area contributed by atoms with Gasteiger partial charge in [0.2, 0.25) is 0 Å². The number of benzene rings is 1. The van der Waals surface area contributed by atoms with Crippen molar-refractivity contribution in [2.45, 2.75) is 6.92 Å². The number of methoxy groups -OCH3 is 1. The van der Waals surface area contributed by atoms with Crippen LogP contribution in [0.3, 0.4) is 0 Å². The van der Waals surface area contributed by atoms with Crippen molar-refractivity contribution in [3.8, 4) is 5.75 Å². The van der Waals surface area contributed by atoms with Gasteiger partial charge >= 0.3 is 0 Å². The Balaban J connectivity index is 2.30. The van der Waals surface area contributed by atoms with Gasteiger partial charge in [0, 0.05) is 0 Å². The Kier molecular flexibility index (Phi) is 3.49. The van der Waals surface area contributed by atoms with E-state index in [2.05, 4.69) is 4.99 Å². The first-order valence-corrected chi connectivity index (χ1v) is 5.51. The minimum absolute atomic E-state index is 0.543. The van der Waals surface area contributed by atoms with E-state index in [1.54, 1.807) is 25.5 Å². The summed E-state index contributed by atoms with van der Waals surface area (Å²) in [7, 11) is 1.58. The molecular weight excluding hydrogens is 238 g/mol. The van der Waals surface area contributed by atoms with E-state index in [0.717, 1.165) is 17.2 Å². The first-order chi connectivity index (χ1) is 8.20. The van der Waals surface area contributed by atoms with E-state index in [1.165, 1.54) is 0 Å². The second kappa shape index (κ2) is 5.06. The lowest BCUT2D eigenvalue weighted by Gasteiger charge is -2.03. The molecule has 0 amide bonds. The van der Waals surface area contributed by atoms with Crippen LogP contribution in [-0.4, -0.2) is 12.8 Å². The highest BCUT2D eigenvalue weighted by Gasteiger charge is 2.03. The van der Waals surface area contributed by atoms with Crippen LogP contribution in [0.15, 0.2) is 46.0 Å². The fraction of sp³-hybridized carbons (Fsp3) is 0.154. The van der Waals surface area contributed by atoms with E-state index >= 15 is 0 Å². The second-order valence-electron chi connectivity index (χ2n) is 3.49. The zero-order valence-corrected chi connectivity index (χ0v) is 10.4. The van der Waals surface area contributed by atoms with E-state index in [4.69, 9.17) is 20.8 Å². The van der Waals surface area contributed by atoms with Gasteiger partial charge in [0.1, 0.15) is 11.5 Å². The molecule has 3 nitrogen and oxygen atoms in total. The SMILES string of the molecule is COc1ccc(N=C(C)c2ccco2)cc1Cl. The molecule has 0 aliphatic rings. The van der Waals surface area contributed by atoms with Gasteiger partial charge in [-0.3, -0.25) is 0 Å². The molecule has 0 aliphatic carbocycles. The van der Waals surface area contributed by atoms with Gasteiger partial charge in [-0.15, -0.1) is 0 Å². The maximum Gasteiger partial charge on any atom is 0.147 e. The molecule has 0 saturated carbocycles. The van der Waals surface area contributed by atoms with Crippen LogP contribution in [0.5, 0.6) is 5.75 Å². The first kappa shape index (κ1) is 11.7. The summed E-state index contributed by atoms with van der Waals surface area (Å²) in [5, 5.41) is 0.543. The molecule has 0 spiro atoms. The third-order valence-electron chi connectivity index (χ3n) is 2.31. The van der Waals surface area contributed by atoms with Crippen LogP contribution in [0.2, 0.25) is 5.02 Å². The van der Waals surface area contributed by atoms with Crippen LogP contribution < -0.4 is 4.74 Å². The number of furan rings is 1. The maximum atomic E-state index is 6.02. The zero-order chi connectivity index (χ0) is 12.3. The highest BCUT2D eigenvalue weighted by Crippen LogP contribution is 2.28. The summed E-state index contributed by atoms with van der Waals surface area (Å²) >= 11 is 6.02. The molecule has 0 aliphatic heterocycles. The largest absolute Gasteiger partial charge is 0.495 e. The topological polar surface area (TPSA) is 34.7 Å². The first-order valence-electron chi connectivity index (χ1n) is 5.13. The summed E-state index contributed by atoms with van der Waals surface area (Å²) in [5.41, 5.74) is 1.57. The smallest absolute Gasteiger partial charge is 0.147 e. The summed E-state index contributed by atoms with van der Waals surface area (Å²) in [4.78, 5) is 4.42. The number of hydrogen-bond donors (Lipinski definition) is 0. The Bertz CT molecular complexity index is 532. The number of hydrogen-bond acceptors (Lipinski definition) is 3. The molecule has 88 valence electrons. The lowest BCUT2D eigenvalue weighted by molar-refractivity contribution is 0.415. The van der Waals surface area contributed by atoms with Crippen LogP contribution in [-0.2, 0) is 0 Å². The molecule has 1 aromatic heterocycles. The van der Waals surface area contributed by atoms with Gasteiger partial charge < -0.3 is 9.15 Å². The second-order valence-corrected chi connectivity index (χ2v) is 3.90. The molecule has 1 aromatic carbocycles. The van der Waals surface area contributed by atoms with Gasteiger partial charge in [-0.25, -0.2) is 4.99 Å². The Labute approximate surface area is 105 Å². The summed E-state index contributed by atoms with van der Waals surface area (Å²) in [6, 6.07) is 9.08. The molecule has 0 unspecified atom stereocenters. The zero-order valence-electron chi connectivity index (χ0n) is 9.61. The van der Waals surface area contributed by atoms with E-state index in [1.807, 2.05) is 25.1 Å². The highest BCUT2D eigenvalue weighted by molar-refractivity contribution is 6.32. The van der Waals surface area contributed by atoms with Crippen molar-refractivity contribution in [2.24, 2.45) is 4.99 Å². The number of ether oxygens (including phenoxy) is 1. The monoisotopic (exact) mass is 249 g/mol. The minimum Gasteiger partial charge on any atom is -0.495 e. The van der Waals surface area contributed by atoms with Crippen molar-refractivity contribution in [1.82, 2.24) is 0 Å². The van der Waals surface area contributed by atoms with Gasteiger partial charge in [-0.2, -0.15) is 0 Å². The van der Waals surface area contributed by atoms with Crippen molar-refractivity contribution < 1.29 is 9.15 Å². The fourth-order valence-corrected chi connectivity index (χ4v) is 1.71. The van der Waals surface area contributed by atoms with Crippen molar-refractivity contribution in [3.63, 3.8) is 0 Å². The van der Waals surface area contributed by atoms with Crippen LogP contribution in [0.25, 0.3) is 0 Å². The standard InChI is InChI=1S/C13H12ClNO2/c1-9(12-4-3-7-17-12)15-10-5-6-13(16-2)11(14)8-10/h3-8H,1-2H3. The lowest BCUT2D eigenvalue weighted by atomic mass is 10.3. The predicted octanol–water partition coefficient (Wildman–Crippen LogP) is 4.08. The van der Waals surface area contributed by atoms with E-state index < -0.39 is 0 Å². The van der Waals surface area contributed by atoms with Crippen molar-refractivity contribution in [2.75, 3.05) is 7.11 Å². The van der Waals surface area contributed by atoms with E-state index in [9.17, 15) is 0 Å². The quantitative estimate of drug-likeness (QED) is 0.768. The third kappa shape index (κ3) is 2.68. The molecule has 0 fully saturated rings. The number of rotatable bonds is 3. The summed E-state index contributed by atoms with van der Waals surface area (Å²) in [6.07, 6.45) is 1.62. The maximum absolute atomic E-state index is 6.02. The summed E-state index contributed by atoms with van der Waals surface area (Å²) in [5.74, 6) is 1.39. The van der Waals surface area contributed by atoms with E-state index in [0.29, 0.717) is 10.8 Å². The minimum atomic E-state index is 0.543. The molecule has 0 radical (unpaired) electrons. The Morgan fingerprint density at radius 1 is 1.35 bits per heavy atom. The molecule has 4 heteroatoms. The lowest BCUT2D eigenvalue weighted by Crippen LogP contribution is -1.90. The molecule has 0 atom stereocenters. The Hall–Kier alpha value is -1.74. The molecule has 2 aromatic rings. The van der Waals surface area contributed by atoms with E-state index in [-0.39, 0.29) is 0 Å². The van der Waals surface area contributed by atoms with Gasteiger partial charge in [-0.1, -0.05) is 11.6 Å². The molecule has 0 N–H and O–H groups in total. The molecule has 2 rings (SSSR count). The average molecular weight is 250 g/mol. The van der Waals surface area contributed by atoms with Crippen LogP contribution in [0.1, 0.15) is 12.7 Å². The van der Waals surface area contributed by atoms with Crippen LogP contribution in [0.4, 0.5) is 5.69 Å². The predicted molar refractivity (Wildman–Crippen MR) is 68.6 cm³/mol. The average Bonchev–Trinajstić information content (AvgIpc) is 2.82. The van der Waals surface area contributed by atoms with Crippen molar-refractivity contribution >= 4 is 23.0 Å². The van der Waals surface area contributed by atoms with Crippen LogP contribution in [0, 0.1) is 0 Å². The van der Waals surface area contributed by atoms with Gasteiger partial charge in [0.25, 0.3) is 0 Å². The molecule has 1 heterocycles. The van der Waals surface area contributed by atoms with Gasteiger partial charge in [-0.05, 0) is 37.3 Å². The summed E-state index contributed by atoms with van der Waals surface area (Å²) < 4.78 is 10.3. The molecule has 0 bridgehead atoms. The van der Waals surface area contributed by atoms with Gasteiger partial charge in [0.15, 0.2) is 0 Å². The number of nitrogens with zero attached hydrogens (tertiary/aromatic N) is 1. The van der Waals surface area contributed by atoms with Crippen molar-refractivity contribution in [3.05, 3.63) is 47.4 Å². The third-order valence-corrected chi connectivity index (χ3v) is 2.61. The normalized spacial score (nSPS) is 11.6. The Morgan fingerprint density at radius 2 is 2.18 bits per heavy atom. The van der Waals surface area contributed by atoms with Crippen molar-refractivity contribution in [1.29, 1.82) is 0 Å². The van der Waals surface area contributed by atoms with Gasteiger partial charge in [0.05, 0.1) is 29.8 Å². The summed E-state index contributed by atoms with van der Waals surface area (Å²) in [6.45, 7) is 1.89. The molecule has 17 heavy (non-hydrogen) atoms. The number of halogens is 1.